The summed E-state index contributed by atoms with van der Waals surface area (Å²) in [4.78, 5) is 40.0. The third-order valence-electron chi connectivity index (χ3n) is 7.89. The number of benzene rings is 1. The minimum atomic E-state index is -0.949. The normalized spacial score (nSPS) is 14.5. The van der Waals surface area contributed by atoms with Crippen LogP contribution >= 0.6 is 58.0 Å². The molecule has 0 bridgehead atoms. The SMILES string of the molecule is CC(C)(C)c1cc(Cl)nc(Cl)c1.CC(C)(C)c1ccnc(Cl)c1.CN(C(=O)[C@@H]1COC(=O)N1c1cc(C(C)(C)C)cc(Cl)n1)c1ccc(F)c(Cl)c1. The smallest absolute Gasteiger partial charge is 0.416 e. The highest BCUT2D eigenvalue weighted by atomic mass is 35.5. The second-order valence-electron chi connectivity index (χ2n) is 15.1. The van der Waals surface area contributed by atoms with Gasteiger partial charge in [0.25, 0.3) is 5.91 Å². The third kappa shape index (κ3) is 11.9. The molecule has 280 valence electrons. The molecule has 0 saturated carbocycles. The quantitative estimate of drug-likeness (QED) is 0.191. The second kappa shape index (κ2) is 17.3. The highest BCUT2D eigenvalue weighted by Gasteiger charge is 2.42. The van der Waals surface area contributed by atoms with Crippen LogP contribution in [0.1, 0.15) is 79.0 Å². The van der Waals surface area contributed by atoms with Crippen molar-refractivity contribution in [2.75, 3.05) is 23.5 Å². The molecule has 14 heteroatoms. The fourth-order valence-electron chi connectivity index (χ4n) is 4.71. The topological polar surface area (TPSA) is 88.5 Å². The van der Waals surface area contributed by atoms with Crippen molar-refractivity contribution in [1.82, 2.24) is 15.0 Å². The predicted octanol–water partition coefficient (Wildman–Crippen LogP) is 11.5. The Kier molecular flexibility index (Phi) is 14.4. The van der Waals surface area contributed by atoms with E-state index in [9.17, 15) is 14.0 Å². The lowest BCUT2D eigenvalue weighted by atomic mass is 9.87. The average molecular weight is 814 g/mol. The summed E-state index contributed by atoms with van der Waals surface area (Å²) < 4.78 is 18.6. The summed E-state index contributed by atoms with van der Waals surface area (Å²) >= 11 is 29.2. The van der Waals surface area contributed by atoms with Crippen molar-refractivity contribution >= 4 is 81.5 Å². The number of hydrogen-bond donors (Lipinski definition) is 0. The van der Waals surface area contributed by atoms with Gasteiger partial charge in [-0.05, 0) is 87.5 Å². The molecule has 1 aliphatic heterocycles. The fourth-order valence-corrected chi connectivity index (χ4v) is 5.72. The summed E-state index contributed by atoms with van der Waals surface area (Å²) in [5.74, 6) is -0.790. The molecule has 1 atom stereocenters. The molecule has 1 fully saturated rings. The predicted molar refractivity (Wildman–Crippen MR) is 211 cm³/mol. The molecule has 0 N–H and O–H groups in total. The zero-order valence-corrected chi connectivity index (χ0v) is 34.6. The van der Waals surface area contributed by atoms with Crippen LogP contribution in [0.25, 0.3) is 0 Å². The van der Waals surface area contributed by atoms with Gasteiger partial charge in [0.2, 0.25) is 0 Å². The van der Waals surface area contributed by atoms with Crippen LogP contribution in [0.2, 0.25) is 25.6 Å². The third-order valence-corrected chi connectivity index (χ3v) is 8.97. The van der Waals surface area contributed by atoms with E-state index in [1.165, 1.54) is 40.6 Å². The number of rotatable bonds is 3. The van der Waals surface area contributed by atoms with Gasteiger partial charge in [-0.2, -0.15) is 0 Å². The Labute approximate surface area is 330 Å². The maximum absolute atomic E-state index is 13.4. The zero-order valence-electron chi connectivity index (χ0n) is 30.8. The van der Waals surface area contributed by atoms with Crippen LogP contribution in [-0.2, 0) is 25.8 Å². The first-order chi connectivity index (χ1) is 23.9. The van der Waals surface area contributed by atoms with E-state index in [4.69, 9.17) is 62.7 Å². The van der Waals surface area contributed by atoms with Gasteiger partial charge in [-0.15, -0.1) is 0 Å². The molecule has 5 rings (SSSR count). The van der Waals surface area contributed by atoms with Crippen LogP contribution in [0.4, 0.5) is 20.7 Å². The first-order valence-electron chi connectivity index (χ1n) is 16.2. The van der Waals surface area contributed by atoms with Crippen molar-refractivity contribution in [3.8, 4) is 0 Å². The van der Waals surface area contributed by atoms with Gasteiger partial charge in [-0.1, -0.05) is 120 Å². The standard InChI is InChI=1S/C20H20Cl2FN3O3.C9H11Cl2N.C9H12ClN/c1-20(2,3)11-7-16(22)24-17(8-11)26-15(10-29-19(26)28)18(27)25(4)12-5-6-14(23)13(21)9-12;1-9(2,3)6-4-7(10)12-8(11)5-6;1-9(2,3)7-4-5-11-8(10)6-7/h5-9,15H,10H2,1-4H3;4-5H,1-3H3;4-6H,1-3H3/t15-;;/m0../s1. The molecular formula is C38H43Cl5FN5O3. The van der Waals surface area contributed by atoms with Crippen LogP contribution in [0.5, 0.6) is 0 Å². The Morgan fingerprint density at radius 1 is 0.750 bits per heavy atom. The van der Waals surface area contributed by atoms with Crippen molar-refractivity contribution in [2.24, 2.45) is 0 Å². The van der Waals surface area contributed by atoms with Crippen molar-refractivity contribution in [3.05, 3.63) is 109 Å². The van der Waals surface area contributed by atoms with Gasteiger partial charge in [0.05, 0.1) is 5.02 Å². The fraction of sp³-hybridized carbons (Fsp3) is 0.395. The molecule has 4 aromatic rings. The maximum atomic E-state index is 13.4. The van der Waals surface area contributed by atoms with Gasteiger partial charge >= 0.3 is 6.09 Å². The number of likely N-dealkylation sites (N-methyl/N-ethyl adjacent to an activating group) is 1. The van der Waals surface area contributed by atoms with Crippen molar-refractivity contribution < 1.29 is 18.7 Å². The number of anilines is 2. The van der Waals surface area contributed by atoms with Crippen LogP contribution < -0.4 is 9.80 Å². The monoisotopic (exact) mass is 811 g/mol. The van der Waals surface area contributed by atoms with E-state index in [0.29, 0.717) is 21.1 Å². The molecule has 4 heterocycles. The summed E-state index contributed by atoms with van der Waals surface area (Å²) in [6.45, 7) is 18.6. The highest BCUT2D eigenvalue weighted by molar-refractivity contribution is 6.32. The lowest BCUT2D eigenvalue weighted by molar-refractivity contribution is -0.119. The Morgan fingerprint density at radius 2 is 1.25 bits per heavy atom. The van der Waals surface area contributed by atoms with Gasteiger partial charge in [0.15, 0.2) is 6.04 Å². The molecule has 1 saturated heterocycles. The number of halogens is 6. The van der Waals surface area contributed by atoms with Crippen molar-refractivity contribution in [1.29, 1.82) is 0 Å². The van der Waals surface area contributed by atoms with Crippen molar-refractivity contribution in [2.45, 2.75) is 84.6 Å². The summed E-state index contributed by atoms with van der Waals surface area (Å²) in [5.41, 5.74) is 3.55. The minimum Gasteiger partial charge on any atom is -0.446 e. The minimum absolute atomic E-state index is 0.0657. The van der Waals surface area contributed by atoms with Crippen molar-refractivity contribution in [3.63, 3.8) is 0 Å². The van der Waals surface area contributed by atoms with E-state index < -0.39 is 23.9 Å². The van der Waals surface area contributed by atoms with Gasteiger partial charge in [-0.25, -0.2) is 29.0 Å². The average Bonchev–Trinajstić information content (AvgIpc) is 3.41. The Hall–Kier alpha value is -3.21. The van der Waals surface area contributed by atoms with Gasteiger partial charge in [-0.3, -0.25) is 4.79 Å². The molecule has 1 aliphatic rings. The Balaban J connectivity index is 0.000000259. The molecule has 3 aromatic heterocycles. The summed E-state index contributed by atoms with van der Waals surface area (Å²) in [7, 11) is 1.51. The van der Waals surface area contributed by atoms with E-state index in [1.807, 2.05) is 45.0 Å². The number of pyridine rings is 3. The molecule has 8 nitrogen and oxygen atoms in total. The molecule has 0 aliphatic carbocycles. The Bertz CT molecular complexity index is 1890. The number of carbonyl (C=O) groups is 2. The van der Waals surface area contributed by atoms with E-state index in [2.05, 4.69) is 56.5 Å². The van der Waals surface area contributed by atoms with E-state index in [0.717, 1.165) is 11.1 Å². The van der Waals surface area contributed by atoms with Crippen LogP contribution in [-0.4, -0.2) is 46.6 Å². The number of ether oxygens (including phenoxy) is 1. The summed E-state index contributed by atoms with van der Waals surface area (Å²) in [5, 5.41) is 1.57. The largest absolute Gasteiger partial charge is 0.446 e. The number of amides is 2. The molecule has 2 amide bonds. The van der Waals surface area contributed by atoms with E-state index in [1.54, 1.807) is 18.3 Å². The highest BCUT2D eigenvalue weighted by Crippen LogP contribution is 2.32. The molecular weight excluding hydrogens is 771 g/mol. The van der Waals surface area contributed by atoms with E-state index in [-0.39, 0.29) is 38.8 Å². The number of cyclic esters (lactones) is 1. The number of carbonyl (C=O) groups excluding carboxylic acids is 2. The first-order valence-corrected chi connectivity index (χ1v) is 18.1. The van der Waals surface area contributed by atoms with Crippen LogP contribution in [0.15, 0.2) is 60.8 Å². The molecule has 0 spiro atoms. The van der Waals surface area contributed by atoms with E-state index >= 15 is 0 Å². The molecule has 52 heavy (non-hydrogen) atoms. The lowest BCUT2D eigenvalue weighted by Crippen LogP contribution is -2.47. The summed E-state index contributed by atoms with van der Waals surface area (Å²) in [6.07, 6.45) is 1.05. The lowest BCUT2D eigenvalue weighted by Gasteiger charge is -2.27. The van der Waals surface area contributed by atoms with Crippen LogP contribution in [0, 0.1) is 5.82 Å². The molecule has 0 unspecified atom stereocenters. The molecule has 0 radical (unpaired) electrons. The first kappa shape index (κ1) is 43.2. The zero-order chi connectivity index (χ0) is 39.3. The number of aromatic nitrogens is 3. The molecule has 1 aromatic carbocycles. The summed E-state index contributed by atoms with van der Waals surface area (Å²) in [6, 6.07) is 14.0. The van der Waals surface area contributed by atoms with Gasteiger partial charge in [0.1, 0.15) is 38.9 Å². The number of nitrogens with zero attached hydrogens (tertiary/aromatic N) is 5. The number of hydrogen-bond acceptors (Lipinski definition) is 6. The second-order valence-corrected chi connectivity index (χ2v) is 17.1. The van der Waals surface area contributed by atoms with Gasteiger partial charge in [0, 0.05) is 18.9 Å². The van der Waals surface area contributed by atoms with Gasteiger partial charge < -0.3 is 9.64 Å². The maximum Gasteiger partial charge on any atom is 0.416 e. The van der Waals surface area contributed by atoms with Crippen LogP contribution in [0.3, 0.4) is 0 Å². The Morgan fingerprint density at radius 3 is 1.73 bits per heavy atom.